The van der Waals surface area contributed by atoms with E-state index in [0.29, 0.717) is 0 Å². The Morgan fingerprint density at radius 2 is 0.698 bits per heavy atom. The van der Waals surface area contributed by atoms with Crippen LogP contribution in [0.15, 0.2) is 255 Å². The van der Waals surface area contributed by atoms with Gasteiger partial charge >= 0.3 is 0 Å². The molecule has 1 heterocycles. The van der Waals surface area contributed by atoms with Crippen LogP contribution >= 0.6 is 0 Å². The molecule has 0 N–H and O–H groups in total. The van der Waals surface area contributed by atoms with Crippen LogP contribution in [0.1, 0.15) is 22.3 Å². The summed E-state index contributed by atoms with van der Waals surface area (Å²) in [5.41, 5.74) is 21.0. The number of para-hydroxylation sites is 5. The van der Waals surface area contributed by atoms with Crippen LogP contribution in [0.4, 0.5) is 34.1 Å². The van der Waals surface area contributed by atoms with Crippen LogP contribution < -0.4 is 9.80 Å². The smallest absolute Gasteiger partial charge is 0.0755 e. The normalized spacial score (nSPS) is 12.9. The standard InChI is InChI=1S/C61H42N2/c1-4-20-43(21-5-1)44-36-38-46(39-37-44)50-27-12-17-33-58(50)63(57-32-16-11-26-49(57)45-22-6-2-7-23-45)48-40-41-52-51-28-10-13-29-53(51)61(56(52)42-48)54-30-14-18-34-59(54)62(47-24-8-3-9-25-47)60-35-19-15-31-55(60)61/h1-42H. The maximum absolute atomic E-state index is 2.50. The lowest BCUT2D eigenvalue weighted by atomic mass is 9.64. The Bertz CT molecular complexity index is 3230. The zero-order chi connectivity index (χ0) is 41.7. The number of benzene rings is 10. The minimum absolute atomic E-state index is 0.586. The molecule has 0 amide bonds. The van der Waals surface area contributed by atoms with E-state index in [1.807, 2.05) is 0 Å². The van der Waals surface area contributed by atoms with Crippen LogP contribution in [-0.4, -0.2) is 0 Å². The molecule has 10 aromatic rings. The maximum Gasteiger partial charge on any atom is 0.0755 e. The molecular weight excluding hydrogens is 761 g/mol. The first-order chi connectivity index (χ1) is 31.3. The summed E-state index contributed by atoms with van der Waals surface area (Å²) < 4.78 is 0. The Morgan fingerprint density at radius 3 is 1.30 bits per heavy atom. The molecule has 1 spiro atoms. The topological polar surface area (TPSA) is 6.48 Å². The third-order valence-corrected chi connectivity index (χ3v) is 13.1. The van der Waals surface area contributed by atoms with E-state index in [2.05, 4.69) is 265 Å². The molecular formula is C61H42N2. The number of fused-ring (bicyclic) bond motifs is 9. The molecule has 2 heteroatoms. The lowest BCUT2D eigenvalue weighted by Crippen LogP contribution is -2.36. The van der Waals surface area contributed by atoms with E-state index < -0.39 is 5.41 Å². The molecule has 63 heavy (non-hydrogen) atoms. The van der Waals surface area contributed by atoms with E-state index in [4.69, 9.17) is 0 Å². The fourth-order valence-corrected chi connectivity index (χ4v) is 10.4. The van der Waals surface area contributed by atoms with Crippen molar-refractivity contribution in [3.63, 3.8) is 0 Å². The van der Waals surface area contributed by atoms with Crippen LogP contribution in [0.2, 0.25) is 0 Å². The number of anilines is 6. The van der Waals surface area contributed by atoms with Gasteiger partial charge in [-0.05, 0) is 104 Å². The minimum Gasteiger partial charge on any atom is -0.310 e. The summed E-state index contributed by atoms with van der Waals surface area (Å²) in [5, 5.41) is 0. The summed E-state index contributed by atoms with van der Waals surface area (Å²) in [7, 11) is 0. The summed E-state index contributed by atoms with van der Waals surface area (Å²) >= 11 is 0. The predicted molar refractivity (Wildman–Crippen MR) is 263 cm³/mol. The molecule has 0 aromatic heterocycles. The molecule has 0 unspecified atom stereocenters. The number of rotatable bonds is 7. The van der Waals surface area contributed by atoms with E-state index in [1.165, 1.54) is 61.4 Å². The second kappa shape index (κ2) is 15.1. The first-order valence-corrected chi connectivity index (χ1v) is 21.8. The zero-order valence-corrected chi connectivity index (χ0v) is 34.6. The molecule has 296 valence electrons. The molecule has 12 rings (SSSR count). The van der Waals surface area contributed by atoms with Crippen molar-refractivity contribution in [1.82, 2.24) is 0 Å². The second-order valence-corrected chi connectivity index (χ2v) is 16.4. The van der Waals surface area contributed by atoms with Crippen molar-refractivity contribution >= 4 is 34.1 Å². The predicted octanol–water partition coefficient (Wildman–Crippen LogP) is 16.3. The van der Waals surface area contributed by atoms with Gasteiger partial charge in [-0.2, -0.15) is 0 Å². The monoisotopic (exact) mass is 802 g/mol. The highest BCUT2D eigenvalue weighted by Gasteiger charge is 2.51. The quantitative estimate of drug-likeness (QED) is 0.158. The van der Waals surface area contributed by atoms with Gasteiger partial charge in [-0.1, -0.05) is 206 Å². The maximum atomic E-state index is 2.50. The Hall–Kier alpha value is -8.20. The van der Waals surface area contributed by atoms with Crippen LogP contribution in [0, 0.1) is 0 Å². The molecule has 1 aliphatic carbocycles. The van der Waals surface area contributed by atoms with Crippen LogP contribution in [0.25, 0.3) is 44.5 Å². The van der Waals surface area contributed by atoms with Crippen LogP contribution in [-0.2, 0) is 5.41 Å². The van der Waals surface area contributed by atoms with Gasteiger partial charge in [0.15, 0.2) is 0 Å². The minimum atomic E-state index is -0.586. The summed E-state index contributed by atoms with van der Waals surface area (Å²) in [5.74, 6) is 0. The van der Waals surface area contributed by atoms with Crippen LogP contribution in [0.5, 0.6) is 0 Å². The average molecular weight is 803 g/mol. The average Bonchev–Trinajstić information content (AvgIpc) is 3.65. The molecule has 2 nitrogen and oxygen atoms in total. The van der Waals surface area contributed by atoms with E-state index in [0.717, 1.165) is 39.4 Å². The summed E-state index contributed by atoms with van der Waals surface area (Å²) in [6.45, 7) is 0. The molecule has 0 bridgehead atoms. The van der Waals surface area contributed by atoms with Crippen molar-refractivity contribution in [2.24, 2.45) is 0 Å². The van der Waals surface area contributed by atoms with E-state index >= 15 is 0 Å². The summed E-state index contributed by atoms with van der Waals surface area (Å²) in [4.78, 5) is 4.94. The largest absolute Gasteiger partial charge is 0.310 e. The second-order valence-electron chi connectivity index (χ2n) is 16.4. The van der Waals surface area contributed by atoms with Gasteiger partial charge in [0.05, 0.1) is 28.2 Å². The van der Waals surface area contributed by atoms with E-state index in [9.17, 15) is 0 Å². The molecule has 2 aliphatic rings. The SMILES string of the molecule is c1ccc(-c2ccc(-c3ccccc3N(c3ccc4c(c3)C3(c5ccccc5-4)c4ccccc4N(c4ccccc4)c4ccccc43)c3ccccc3-c3ccccc3)cc2)cc1. The van der Waals surface area contributed by atoms with Crippen molar-refractivity contribution < 1.29 is 0 Å². The molecule has 0 atom stereocenters. The number of hydrogen-bond acceptors (Lipinski definition) is 2. The van der Waals surface area contributed by atoms with Gasteiger partial charge in [0.2, 0.25) is 0 Å². The highest BCUT2D eigenvalue weighted by molar-refractivity contribution is 5.99. The van der Waals surface area contributed by atoms with Crippen molar-refractivity contribution in [3.8, 4) is 44.5 Å². The van der Waals surface area contributed by atoms with E-state index in [-0.39, 0.29) is 0 Å². The highest BCUT2D eigenvalue weighted by Crippen LogP contribution is 2.64. The fourth-order valence-electron chi connectivity index (χ4n) is 10.4. The van der Waals surface area contributed by atoms with Crippen molar-refractivity contribution in [1.29, 1.82) is 0 Å². The van der Waals surface area contributed by atoms with Gasteiger partial charge in [0.1, 0.15) is 0 Å². The zero-order valence-electron chi connectivity index (χ0n) is 34.6. The fraction of sp³-hybridized carbons (Fsp3) is 0.0164. The van der Waals surface area contributed by atoms with Crippen molar-refractivity contribution in [2.75, 3.05) is 9.80 Å². The van der Waals surface area contributed by atoms with E-state index in [1.54, 1.807) is 0 Å². The first-order valence-electron chi connectivity index (χ1n) is 21.8. The van der Waals surface area contributed by atoms with Gasteiger partial charge in [0.25, 0.3) is 0 Å². The highest BCUT2D eigenvalue weighted by atomic mass is 15.2. The first kappa shape index (κ1) is 36.6. The molecule has 0 fully saturated rings. The molecule has 10 aromatic carbocycles. The summed E-state index contributed by atoms with van der Waals surface area (Å²) in [6.07, 6.45) is 0. The Morgan fingerprint density at radius 1 is 0.286 bits per heavy atom. The summed E-state index contributed by atoms with van der Waals surface area (Å²) in [6, 6.07) is 93.3. The van der Waals surface area contributed by atoms with Gasteiger partial charge in [-0.15, -0.1) is 0 Å². The number of hydrogen-bond donors (Lipinski definition) is 0. The third kappa shape index (κ3) is 5.80. The third-order valence-electron chi connectivity index (χ3n) is 13.1. The molecule has 0 radical (unpaired) electrons. The van der Waals surface area contributed by atoms with Gasteiger partial charge in [0, 0.05) is 22.5 Å². The molecule has 1 aliphatic heterocycles. The van der Waals surface area contributed by atoms with Crippen LogP contribution in [0.3, 0.4) is 0 Å². The van der Waals surface area contributed by atoms with Crippen molar-refractivity contribution in [2.45, 2.75) is 5.41 Å². The van der Waals surface area contributed by atoms with Gasteiger partial charge < -0.3 is 9.80 Å². The number of nitrogens with zero attached hydrogens (tertiary/aromatic N) is 2. The van der Waals surface area contributed by atoms with Crippen molar-refractivity contribution in [3.05, 3.63) is 277 Å². The Balaban J connectivity index is 1.12. The molecule has 0 saturated heterocycles. The Labute approximate surface area is 369 Å². The Kier molecular flexibility index (Phi) is 8.76. The molecule has 0 saturated carbocycles. The lowest BCUT2D eigenvalue weighted by molar-refractivity contribution is 0.752. The van der Waals surface area contributed by atoms with Gasteiger partial charge in [-0.25, -0.2) is 0 Å². The van der Waals surface area contributed by atoms with Gasteiger partial charge in [-0.3, -0.25) is 0 Å². The lowest BCUT2D eigenvalue weighted by Gasteiger charge is -2.45.